The van der Waals surface area contributed by atoms with Gasteiger partial charge in [-0.05, 0) is 60.9 Å². The van der Waals surface area contributed by atoms with Gasteiger partial charge in [-0.1, -0.05) is 25.0 Å². The molecule has 0 radical (unpaired) electrons. The number of hydrogen-bond acceptors (Lipinski definition) is 7. The van der Waals surface area contributed by atoms with Crippen LogP contribution < -0.4 is 5.32 Å². The van der Waals surface area contributed by atoms with Crippen molar-refractivity contribution in [1.29, 1.82) is 0 Å². The summed E-state index contributed by atoms with van der Waals surface area (Å²) in [4.78, 5) is 67.1. The van der Waals surface area contributed by atoms with Gasteiger partial charge in [0.1, 0.15) is 24.3 Å². The van der Waals surface area contributed by atoms with Crippen molar-refractivity contribution in [1.82, 2.24) is 20.1 Å². The van der Waals surface area contributed by atoms with Gasteiger partial charge in [0, 0.05) is 28.7 Å². The number of nitrogens with one attached hydrogen (secondary N) is 1. The number of ether oxygens (including phenoxy) is 1. The molecule has 6 rings (SSSR count). The Kier molecular flexibility index (Phi) is 9.47. The van der Waals surface area contributed by atoms with E-state index in [1.54, 1.807) is 23.2 Å². The van der Waals surface area contributed by atoms with Crippen LogP contribution in [0.15, 0.2) is 48.8 Å². The van der Waals surface area contributed by atoms with Crippen LogP contribution in [-0.4, -0.2) is 86.5 Å². The lowest BCUT2D eigenvalue weighted by Crippen LogP contribution is -2.66. The summed E-state index contributed by atoms with van der Waals surface area (Å²) in [6.45, 7) is -0.712. The first-order valence-corrected chi connectivity index (χ1v) is 17.8. The van der Waals surface area contributed by atoms with E-state index in [9.17, 15) is 41.9 Å². The minimum Gasteiger partial charge on any atom is -0.361 e. The van der Waals surface area contributed by atoms with Gasteiger partial charge in [0.05, 0.1) is 18.0 Å². The standard InChI is InChI=1S/C31H34F3N4O7PS/c32-26(33)15-45-31(20-4-3-11-35-14-20)16-37(17-31)30(41)23-9-8-21-5-1-2-6-22(29(40)38(21)23)36-28(39)25-13-19-12-18(7-10-24(19)47-25)27(34)46(42,43)44/h3-4,7,10-14,21-23,26-27H,1-2,5-6,8-9,15-17H2,(H,36,39)(H2,42,43,44)/t21-,22-,23-,27?/m0/s1. The third-order valence-corrected chi connectivity index (χ3v) is 11.1. The number of amides is 3. The van der Waals surface area contributed by atoms with E-state index in [1.165, 1.54) is 35.4 Å². The first-order chi connectivity index (χ1) is 22.4. The maximum absolute atomic E-state index is 14.3. The molecule has 3 amide bonds. The van der Waals surface area contributed by atoms with Gasteiger partial charge in [0.15, 0.2) is 0 Å². The van der Waals surface area contributed by atoms with E-state index in [2.05, 4.69) is 10.3 Å². The number of carbonyl (C=O) groups is 3. The van der Waals surface area contributed by atoms with Crippen LogP contribution in [-0.2, 0) is 24.5 Å². The monoisotopic (exact) mass is 694 g/mol. The van der Waals surface area contributed by atoms with Crippen molar-refractivity contribution in [2.24, 2.45) is 0 Å². The Morgan fingerprint density at radius 3 is 2.57 bits per heavy atom. The Hall–Kier alpha value is -3.36. The molecule has 1 aromatic carbocycles. The number of carbonyl (C=O) groups excluding carboxylic acids is 3. The van der Waals surface area contributed by atoms with Crippen LogP contribution in [0.4, 0.5) is 13.2 Å². The minimum atomic E-state index is -5.01. The molecule has 5 heterocycles. The molecule has 0 spiro atoms. The van der Waals surface area contributed by atoms with Crippen LogP contribution in [0.2, 0.25) is 0 Å². The van der Waals surface area contributed by atoms with Crippen molar-refractivity contribution in [3.63, 3.8) is 0 Å². The fourth-order valence-corrected chi connectivity index (χ4v) is 8.30. The van der Waals surface area contributed by atoms with Gasteiger partial charge in [0.2, 0.25) is 17.7 Å². The van der Waals surface area contributed by atoms with E-state index in [0.29, 0.717) is 41.3 Å². The number of thiophene rings is 1. The van der Waals surface area contributed by atoms with Crippen LogP contribution in [0, 0.1) is 0 Å². The van der Waals surface area contributed by atoms with Crippen LogP contribution in [0.5, 0.6) is 0 Å². The highest BCUT2D eigenvalue weighted by Gasteiger charge is 2.52. The molecule has 252 valence electrons. The lowest BCUT2D eigenvalue weighted by Gasteiger charge is -2.51. The second-order valence-electron chi connectivity index (χ2n) is 12.3. The van der Waals surface area contributed by atoms with Crippen molar-refractivity contribution in [2.75, 3.05) is 19.7 Å². The summed E-state index contributed by atoms with van der Waals surface area (Å²) in [6, 6.07) is 7.06. The zero-order valence-electron chi connectivity index (χ0n) is 25.1. The van der Waals surface area contributed by atoms with Gasteiger partial charge in [0.25, 0.3) is 12.3 Å². The molecule has 3 fully saturated rings. The molecular formula is C31H34F3N4O7PS. The summed E-state index contributed by atoms with van der Waals surface area (Å²) < 4.78 is 58.0. The summed E-state index contributed by atoms with van der Waals surface area (Å²) in [7, 11) is -5.01. The molecule has 47 heavy (non-hydrogen) atoms. The highest BCUT2D eigenvalue weighted by atomic mass is 32.1. The molecule has 16 heteroatoms. The number of fused-ring (bicyclic) bond motifs is 2. The summed E-state index contributed by atoms with van der Waals surface area (Å²) in [6.07, 6.45) is 4.03. The second-order valence-corrected chi connectivity index (χ2v) is 15.0. The normalized spacial score (nSPS) is 23.6. The zero-order valence-corrected chi connectivity index (χ0v) is 26.8. The van der Waals surface area contributed by atoms with E-state index < -0.39 is 50.1 Å². The maximum Gasteiger partial charge on any atom is 0.363 e. The fourth-order valence-electron chi connectivity index (χ4n) is 6.80. The molecular weight excluding hydrogens is 660 g/mol. The van der Waals surface area contributed by atoms with Crippen LogP contribution >= 0.6 is 18.9 Å². The van der Waals surface area contributed by atoms with Crippen molar-refractivity contribution < 1.29 is 46.6 Å². The number of rotatable bonds is 9. The zero-order chi connectivity index (χ0) is 33.5. The lowest BCUT2D eigenvalue weighted by molar-refractivity contribution is -0.187. The predicted molar refractivity (Wildman–Crippen MR) is 166 cm³/mol. The Bertz CT molecular complexity index is 1700. The summed E-state index contributed by atoms with van der Waals surface area (Å²) in [5.41, 5.74) is -0.744. The first kappa shape index (κ1) is 33.5. The molecule has 2 aromatic heterocycles. The van der Waals surface area contributed by atoms with Gasteiger partial charge in [-0.3, -0.25) is 23.9 Å². The molecule has 3 aliphatic heterocycles. The predicted octanol–water partition coefficient (Wildman–Crippen LogP) is 4.49. The molecule has 0 saturated carbocycles. The van der Waals surface area contributed by atoms with Gasteiger partial charge in [-0.2, -0.15) is 0 Å². The van der Waals surface area contributed by atoms with E-state index in [0.717, 1.165) is 24.2 Å². The number of aromatic nitrogens is 1. The van der Waals surface area contributed by atoms with E-state index in [1.807, 2.05) is 0 Å². The minimum absolute atomic E-state index is 0.0403. The van der Waals surface area contributed by atoms with Crippen LogP contribution in [0.3, 0.4) is 0 Å². The van der Waals surface area contributed by atoms with E-state index >= 15 is 0 Å². The third kappa shape index (κ3) is 6.82. The second kappa shape index (κ2) is 13.3. The van der Waals surface area contributed by atoms with Crippen LogP contribution in [0.1, 0.15) is 65.2 Å². The molecule has 1 unspecified atom stereocenters. The maximum atomic E-state index is 14.3. The smallest absolute Gasteiger partial charge is 0.361 e. The van der Waals surface area contributed by atoms with Crippen LogP contribution in [0.25, 0.3) is 10.1 Å². The average molecular weight is 695 g/mol. The Balaban J connectivity index is 1.16. The van der Waals surface area contributed by atoms with Gasteiger partial charge < -0.3 is 29.6 Å². The lowest BCUT2D eigenvalue weighted by atomic mass is 9.86. The van der Waals surface area contributed by atoms with Crippen molar-refractivity contribution in [2.45, 2.75) is 74.6 Å². The molecule has 3 aromatic rings. The van der Waals surface area contributed by atoms with Crippen molar-refractivity contribution >= 4 is 46.7 Å². The Morgan fingerprint density at radius 2 is 1.87 bits per heavy atom. The largest absolute Gasteiger partial charge is 0.363 e. The van der Waals surface area contributed by atoms with E-state index in [-0.39, 0.29) is 41.4 Å². The highest BCUT2D eigenvalue weighted by Crippen LogP contribution is 2.53. The number of nitrogens with zero attached hydrogens (tertiary/aromatic N) is 3. The topological polar surface area (TPSA) is 149 Å². The molecule has 0 aliphatic carbocycles. The Labute approximate surface area is 272 Å². The average Bonchev–Trinajstić information content (AvgIpc) is 3.64. The summed E-state index contributed by atoms with van der Waals surface area (Å²) >= 11 is 1.10. The summed E-state index contributed by atoms with van der Waals surface area (Å²) in [5, 5.41) is 3.25. The number of halogens is 3. The number of pyridine rings is 1. The molecule has 4 atom stereocenters. The number of likely N-dealkylation sites (tertiary alicyclic amines) is 1. The molecule has 0 bridgehead atoms. The highest BCUT2D eigenvalue weighted by molar-refractivity contribution is 7.51. The van der Waals surface area contributed by atoms with Gasteiger partial charge in [-0.25, -0.2) is 13.2 Å². The van der Waals surface area contributed by atoms with Gasteiger partial charge >= 0.3 is 7.60 Å². The summed E-state index contributed by atoms with van der Waals surface area (Å²) in [5.74, 6) is -3.68. The Morgan fingerprint density at radius 1 is 1.11 bits per heavy atom. The van der Waals surface area contributed by atoms with Crippen molar-refractivity contribution in [3.05, 3.63) is 64.8 Å². The molecule has 11 nitrogen and oxygen atoms in total. The van der Waals surface area contributed by atoms with E-state index in [4.69, 9.17) is 4.74 Å². The number of hydrogen-bond donors (Lipinski definition) is 3. The third-order valence-electron chi connectivity index (χ3n) is 9.14. The first-order valence-electron chi connectivity index (χ1n) is 15.3. The molecule has 3 saturated heterocycles. The van der Waals surface area contributed by atoms with Crippen molar-refractivity contribution in [3.8, 4) is 0 Å². The molecule has 3 aliphatic rings. The SMILES string of the molecule is O=C(N[C@H]1CCCC[C@H]2CC[C@@H](C(=O)N3CC(OCC(F)F)(c4cccnc4)C3)N2C1=O)c1cc2cc(C(F)P(=O)(O)O)ccc2s1. The quantitative estimate of drug-likeness (QED) is 0.278. The van der Waals surface area contributed by atoms with Gasteiger partial charge in [-0.15, -0.1) is 11.3 Å². The molecule has 3 N–H and O–H groups in total. The fraction of sp³-hybridized carbons (Fsp3) is 0.484. The number of alkyl halides is 3. The number of benzene rings is 1.